The molecule has 1 fully saturated rings. The van der Waals surface area contributed by atoms with Gasteiger partial charge in [0.1, 0.15) is 18.2 Å². The fourth-order valence-electron chi connectivity index (χ4n) is 3.33. The molecule has 4 rings (SSSR count). The standard InChI is InChI=1S/C24H24FN3O5S/c1-34(30,31)28-24(29)18-7-5-17(6-8-18)15-32-21-10-19(9-20(25)11-21)23-26-12-22(13-27-23)33-14-16-3-2-4-16/h5-13,16H,2-4,14-15H2,1H3,(H,28,29). The van der Waals surface area contributed by atoms with E-state index in [2.05, 4.69) is 9.97 Å². The van der Waals surface area contributed by atoms with Crippen LogP contribution in [0.3, 0.4) is 0 Å². The highest BCUT2D eigenvalue weighted by atomic mass is 32.2. The van der Waals surface area contributed by atoms with E-state index < -0.39 is 21.7 Å². The Balaban J connectivity index is 1.38. The van der Waals surface area contributed by atoms with Crippen LogP contribution in [0.1, 0.15) is 35.2 Å². The maximum atomic E-state index is 14.2. The SMILES string of the molecule is CS(=O)(=O)NC(=O)c1ccc(COc2cc(F)cc(-c3ncc(OCC4CCC4)cn3)c2)cc1. The molecule has 0 atom stereocenters. The lowest BCUT2D eigenvalue weighted by atomic mass is 9.86. The van der Waals surface area contributed by atoms with Gasteiger partial charge < -0.3 is 9.47 Å². The maximum Gasteiger partial charge on any atom is 0.264 e. The summed E-state index contributed by atoms with van der Waals surface area (Å²) in [5.74, 6) is 0.614. The first kappa shape index (κ1) is 23.6. The number of halogens is 1. The van der Waals surface area contributed by atoms with Gasteiger partial charge in [0.2, 0.25) is 10.0 Å². The summed E-state index contributed by atoms with van der Waals surface area (Å²) in [5.41, 5.74) is 1.37. The number of nitrogens with zero attached hydrogens (tertiary/aromatic N) is 2. The third-order valence-electron chi connectivity index (χ3n) is 5.37. The monoisotopic (exact) mass is 485 g/mol. The molecule has 1 amide bonds. The minimum Gasteiger partial charge on any atom is -0.490 e. The van der Waals surface area contributed by atoms with Gasteiger partial charge in [-0.15, -0.1) is 0 Å². The molecule has 1 heterocycles. The van der Waals surface area contributed by atoms with Crippen LogP contribution in [0.15, 0.2) is 54.9 Å². The first-order valence-corrected chi connectivity index (χ1v) is 12.6. The summed E-state index contributed by atoms with van der Waals surface area (Å²) in [5, 5.41) is 0. The van der Waals surface area contributed by atoms with Crippen molar-refractivity contribution in [3.05, 3.63) is 71.8 Å². The summed E-state index contributed by atoms with van der Waals surface area (Å²) >= 11 is 0. The van der Waals surface area contributed by atoms with Crippen molar-refractivity contribution in [2.24, 2.45) is 5.92 Å². The molecular formula is C24H24FN3O5S. The van der Waals surface area contributed by atoms with E-state index in [1.165, 1.54) is 43.5 Å². The molecule has 3 aromatic rings. The Morgan fingerprint density at radius 3 is 2.38 bits per heavy atom. The van der Waals surface area contributed by atoms with Crippen molar-refractivity contribution in [1.29, 1.82) is 0 Å². The fraction of sp³-hybridized carbons (Fsp3) is 0.292. The molecule has 0 saturated heterocycles. The summed E-state index contributed by atoms with van der Waals surface area (Å²) in [7, 11) is -3.64. The second kappa shape index (κ2) is 10.2. The summed E-state index contributed by atoms with van der Waals surface area (Å²) < 4.78 is 49.9. The predicted molar refractivity (Wildman–Crippen MR) is 123 cm³/mol. The number of carbonyl (C=O) groups is 1. The van der Waals surface area contributed by atoms with Crippen molar-refractivity contribution in [1.82, 2.24) is 14.7 Å². The molecule has 1 N–H and O–H groups in total. The molecule has 1 saturated carbocycles. The highest BCUT2D eigenvalue weighted by Gasteiger charge is 2.18. The number of aromatic nitrogens is 2. The lowest BCUT2D eigenvalue weighted by Crippen LogP contribution is -2.29. The number of sulfonamides is 1. The van der Waals surface area contributed by atoms with Gasteiger partial charge >= 0.3 is 0 Å². The van der Waals surface area contributed by atoms with Crippen molar-refractivity contribution in [3.63, 3.8) is 0 Å². The fourth-order valence-corrected chi connectivity index (χ4v) is 3.79. The van der Waals surface area contributed by atoms with E-state index in [1.54, 1.807) is 30.6 Å². The number of carbonyl (C=O) groups excluding carboxylic acids is 1. The van der Waals surface area contributed by atoms with Gasteiger partial charge in [-0.05, 0) is 48.6 Å². The van der Waals surface area contributed by atoms with E-state index in [9.17, 15) is 17.6 Å². The lowest BCUT2D eigenvalue weighted by Gasteiger charge is -2.24. The van der Waals surface area contributed by atoms with Crippen LogP contribution < -0.4 is 14.2 Å². The molecule has 1 aromatic heterocycles. The third kappa shape index (κ3) is 6.50. The van der Waals surface area contributed by atoms with Crippen molar-refractivity contribution in [2.45, 2.75) is 25.9 Å². The van der Waals surface area contributed by atoms with E-state index in [1.807, 2.05) is 4.72 Å². The molecule has 178 valence electrons. The zero-order chi connectivity index (χ0) is 24.1. The van der Waals surface area contributed by atoms with Crippen LogP contribution in [-0.4, -0.2) is 37.2 Å². The predicted octanol–water partition coefficient (Wildman–Crippen LogP) is 3.73. The van der Waals surface area contributed by atoms with Gasteiger partial charge in [0.15, 0.2) is 11.6 Å². The first-order valence-electron chi connectivity index (χ1n) is 10.7. The third-order valence-corrected chi connectivity index (χ3v) is 5.92. The topological polar surface area (TPSA) is 107 Å². The van der Waals surface area contributed by atoms with E-state index in [-0.39, 0.29) is 12.2 Å². The molecule has 0 bridgehead atoms. The normalized spacial score (nSPS) is 13.7. The van der Waals surface area contributed by atoms with Gasteiger partial charge in [-0.2, -0.15) is 0 Å². The Morgan fingerprint density at radius 2 is 1.76 bits per heavy atom. The largest absolute Gasteiger partial charge is 0.490 e. The zero-order valence-corrected chi connectivity index (χ0v) is 19.3. The molecule has 1 aliphatic carbocycles. The number of hydrogen-bond acceptors (Lipinski definition) is 7. The van der Waals surface area contributed by atoms with Gasteiger partial charge in [-0.1, -0.05) is 18.6 Å². The van der Waals surface area contributed by atoms with E-state index in [4.69, 9.17) is 9.47 Å². The van der Waals surface area contributed by atoms with Crippen LogP contribution in [0.25, 0.3) is 11.4 Å². The average Bonchev–Trinajstić information content (AvgIpc) is 2.76. The van der Waals surface area contributed by atoms with Crippen LogP contribution in [0, 0.1) is 11.7 Å². The van der Waals surface area contributed by atoms with Crippen LogP contribution >= 0.6 is 0 Å². The van der Waals surface area contributed by atoms with Crippen molar-refractivity contribution >= 4 is 15.9 Å². The molecule has 0 spiro atoms. The Bertz CT molecular complexity index is 1260. The quantitative estimate of drug-likeness (QED) is 0.492. The number of benzene rings is 2. The Labute approximate surface area is 197 Å². The Morgan fingerprint density at radius 1 is 1.06 bits per heavy atom. The molecule has 0 unspecified atom stereocenters. The molecule has 10 heteroatoms. The maximum absolute atomic E-state index is 14.2. The number of amides is 1. The summed E-state index contributed by atoms with van der Waals surface area (Å²) in [6, 6.07) is 10.4. The lowest BCUT2D eigenvalue weighted by molar-refractivity contribution is 0.0981. The number of ether oxygens (including phenoxy) is 2. The Kier molecular flexibility index (Phi) is 7.06. The van der Waals surface area contributed by atoms with Gasteiger partial charge in [-0.3, -0.25) is 4.79 Å². The smallest absolute Gasteiger partial charge is 0.264 e. The van der Waals surface area contributed by atoms with Crippen LogP contribution in [-0.2, 0) is 16.6 Å². The molecule has 2 aromatic carbocycles. The number of hydrogen-bond donors (Lipinski definition) is 1. The molecular weight excluding hydrogens is 461 g/mol. The molecule has 0 radical (unpaired) electrons. The van der Waals surface area contributed by atoms with Gasteiger partial charge in [0, 0.05) is 17.2 Å². The Hall–Kier alpha value is -3.53. The molecule has 1 aliphatic rings. The highest BCUT2D eigenvalue weighted by molar-refractivity contribution is 7.89. The van der Waals surface area contributed by atoms with E-state index >= 15 is 0 Å². The van der Waals surface area contributed by atoms with E-state index in [0.29, 0.717) is 41.0 Å². The van der Waals surface area contributed by atoms with Crippen LogP contribution in [0.5, 0.6) is 11.5 Å². The first-order chi connectivity index (χ1) is 16.2. The summed E-state index contributed by atoms with van der Waals surface area (Å²) in [6.45, 7) is 0.773. The zero-order valence-electron chi connectivity index (χ0n) is 18.5. The van der Waals surface area contributed by atoms with Crippen molar-refractivity contribution in [2.75, 3.05) is 12.9 Å². The molecule has 0 aliphatic heterocycles. The highest BCUT2D eigenvalue weighted by Crippen LogP contribution is 2.28. The van der Waals surface area contributed by atoms with Crippen molar-refractivity contribution < 1.29 is 27.1 Å². The van der Waals surface area contributed by atoms with E-state index in [0.717, 1.165) is 6.26 Å². The second-order valence-corrected chi connectivity index (χ2v) is 9.96. The number of rotatable bonds is 9. The van der Waals surface area contributed by atoms with Gasteiger partial charge in [0.05, 0.1) is 25.3 Å². The second-order valence-electron chi connectivity index (χ2n) is 8.21. The van der Waals surface area contributed by atoms with Crippen LogP contribution in [0.4, 0.5) is 4.39 Å². The summed E-state index contributed by atoms with van der Waals surface area (Å²) in [6.07, 6.45) is 7.69. The van der Waals surface area contributed by atoms with Gasteiger partial charge in [-0.25, -0.2) is 27.5 Å². The van der Waals surface area contributed by atoms with Gasteiger partial charge in [0.25, 0.3) is 5.91 Å². The van der Waals surface area contributed by atoms with Crippen LogP contribution in [0.2, 0.25) is 0 Å². The van der Waals surface area contributed by atoms with Crippen molar-refractivity contribution in [3.8, 4) is 22.9 Å². The molecule has 8 nitrogen and oxygen atoms in total. The average molecular weight is 486 g/mol. The molecule has 34 heavy (non-hydrogen) atoms. The summed E-state index contributed by atoms with van der Waals surface area (Å²) in [4.78, 5) is 20.4. The number of nitrogens with one attached hydrogen (secondary N) is 1. The minimum atomic E-state index is -3.64. The minimum absolute atomic E-state index is 0.117.